The van der Waals surface area contributed by atoms with Crippen LogP contribution in [0.4, 0.5) is 5.13 Å². The lowest BCUT2D eigenvalue weighted by Gasteiger charge is -2.33. The molecule has 0 saturated heterocycles. The van der Waals surface area contributed by atoms with Gasteiger partial charge in [0.2, 0.25) is 9.47 Å². The van der Waals surface area contributed by atoms with Crippen LogP contribution in [0.25, 0.3) is 0 Å². The second kappa shape index (κ2) is 4.51. The molecule has 0 saturated carbocycles. The van der Waals surface area contributed by atoms with Crippen molar-refractivity contribution in [3.8, 4) is 0 Å². The van der Waals surface area contributed by atoms with Gasteiger partial charge in [-0.2, -0.15) is 4.31 Å². The third-order valence-electron chi connectivity index (χ3n) is 2.82. The maximum atomic E-state index is 12.2. The van der Waals surface area contributed by atoms with E-state index in [0.717, 1.165) is 11.3 Å². The van der Waals surface area contributed by atoms with E-state index in [4.69, 9.17) is 5.73 Å². The summed E-state index contributed by atoms with van der Waals surface area (Å²) in [6.07, 6.45) is 0. The number of nitrogens with two attached hydrogens (primary N) is 1. The van der Waals surface area contributed by atoms with Gasteiger partial charge in [-0.1, -0.05) is 32.1 Å². The van der Waals surface area contributed by atoms with Gasteiger partial charge in [-0.3, -0.25) is 0 Å². The molecule has 0 spiro atoms. The van der Waals surface area contributed by atoms with E-state index in [0.29, 0.717) is 0 Å². The number of sulfonamides is 1. The first-order valence-corrected chi connectivity index (χ1v) is 7.39. The zero-order valence-corrected chi connectivity index (χ0v) is 12.3. The van der Waals surface area contributed by atoms with Gasteiger partial charge in [0.15, 0.2) is 0 Å². The number of nitrogen functional groups attached to an aromatic ring is 1. The molecule has 1 rings (SSSR count). The van der Waals surface area contributed by atoms with Gasteiger partial charge in [-0.05, 0) is 12.3 Å². The van der Waals surface area contributed by atoms with Gasteiger partial charge in [0.05, 0.1) is 0 Å². The Morgan fingerprint density at radius 2 is 1.88 bits per heavy atom. The molecule has 2 N–H and O–H groups in total. The molecule has 98 valence electrons. The summed E-state index contributed by atoms with van der Waals surface area (Å²) >= 11 is 0.877. The molecule has 0 aliphatic heterocycles. The van der Waals surface area contributed by atoms with Gasteiger partial charge >= 0.3 is 0 Å². The second-order valence-corrected chi connectivity index (χ2v) is 8.15. The maximum absolute atomic E-state index is 12.2. The lowest BCUT2D eigenvalue weighted by atomic mass is 9.88. The van der Waals surface area contributed by atoms with Crippen LogP contribution in [0, 0.1) is 5.41 Å². The Balaban J connectivity index is 3.08. The second-order valence-electron chi connectivity index (χ2n) is 4.97. The third kappa shape index (κ3) is 2.93. The lowest BCUT2D eigenvalue weighted by molar-refractivity contribution is 0.216. The smallest absolute Gasteiger partial charge is 0.272 e. The number of nitrogens with zero attached hydrogens (tertiary/aromatic N) is 3. The minimum absolute atomic E-state index is 0.0615. The number of anilines is 1. The van der Waals surface area contributed by atoms with Gasteiger partial charge in [-0.15, -0.1) is 10.2 Å². The Labute approximate surface area is 106 Å². The van der Waals surface area contributed by atoms with Gasteiger partial charge < -0.3 is 5.73 Å². The molecule has 0 aliphatic carbocycles. The summed E-state index contributed by atoms with van der Waals surface area (Å²) in [7, 11) is -2.06. The van der Waals surface area contributed by atoms with Crippen LogP contribution in [-0.2, 0) is 10.0 Å². The molecule has 0 radical (unpaired) electrons. The molecular weight excluding hydrogens is 260 g/mol. The molecular formula is C9H18N4O2S2. The van der Waals surface area contributed by atoms with Crippen molar-refractivity contribution in [2.45, 2.75) is 38.1 Å². The normalized spacial score (nSPS) is 15.2. The molecule has 6 nitrogen and oxygen atoms in total. The summed E-state index contributed by atoms with van der Waals surface area (Å²) in [6, 6.07) is -0.155. The molecule has 0 aromatic carbocycles. The molecule has 1 heterocycles. The van der Waals surface area contributed by atoms with Crippen molar-refractivity contribution >= 4 is 26.5 Å². The van der Waals surface area contributed by atoms with Gasteiger partial charge in [0.25, 0.3) is 10.0 Å². The van der Waals surface area contributed by atoms with Crippen LogP contribution in [-0.4, -0.2) is 36.0 Å². The Kier molecular flexibility index (Phi) is 3.80. The Hall–Kier alpha value is -0.730. The zero-order chi connectivity index (χ0) is 13.4. The number of aromatic nitrogens is 2. The van der Waals surface area contributed by atoms with E-state index >= 15 is 0 Å². The highest BCUT2D eigenvalue weighted by Crippen LogP contribution is 2.28. The highest BCUT2D eigenvalue weighted by Gasteiger charge is 2.34. The fraction of sp³-hybridized carbons (Fsp3) is 0.778. The van der Waals surface area contributed by atoms with E-state index in [1.54, 1.807) is 7.05 Å². The Morgan fingerprint density at radius 3 is 2.24 bits per heavy atom. The molecule has 0 aliphatic rings. The highest BCUT2D eigenvalue weighted by atomic mass is 32.2. The van der Waals surface area contributed by atoms with Crippen molar-refractivity contribution in [3.05, 3.63) is 0 Å². The first kappa shape index (κ1) is 14.3. The number of rotatable bonds is 3. The topological polar surface area (TPSA) is 89.2 Å². The first-order chi connectivity index (χ1) is 7.56. The summed E-state index contributed by atoms with van der Waals surface area (Å²) in [6.45, 7) is 7.82. The third-order valence-corrected chi connectivity index (χ3v) is 5.85. The van der Waals surface area contributed by atoms with Crippen molar-refractivity contribution in [3.63, 3.8) is 0 Å². The standard InChI is InChI=1S/C9H18N4O2S2/c1-6(9(2,3)4)13(5)17(14,15)8-12-11-7(10)16-8/h6H,1-5H3,(H2,10,11). The average molecular weight is 278 g/mol. The Bertz CT molecular complexity index is 489. The van der Waals surface area contributed by atoms with Crippen molar-refractivity contribution in [2.24, 2.45) is 5.41 Å². The van der Waals surface area contributed by atoms with Crippen LogP contribution in [0.2, 0.25) is 0 Å². The molecule has 0 amide bonds. The summed E-state index contributed by atoms with van der Waals surface area (Å²) in [5.41, 5.74) is 5.24. The summed E-state index contributed by atoms with van der Waals surface area (Å²) in [5.74, 6) is 0. The van der Waals surface area contributed by atoms with E-state index in [1.807, 2.05) is 27.7 Å². The molecule has 0 bridgehead atoms. The monoisotopic (exact) mass is 278 g/mol. The van der Waals surface area contributed by atoms with Crippen molar-refractivity contribution in [1.29, 1.82) is 0 Å². The number of hydrogen-bond donors (Lipinski definition) is 1. The maximum Gasteiger partial charge on any atom is 0.272 e. The van der Waals surface area contributed by atoms with Gasteiger partial charge in [0.1, 0.15) is 0 Å². The minimum Gasteiger partial charge on any atom is -0.374 e. The van der Waals surface area contributed by atoms with E-state index in [1.165, 1.54) is 4.31 Å². The molecule has 1 atom stereocenters. The highest BCUT2D eigenvalue weighted by molar-refractivity contribution is 7.91. The van der Waals surface area contributed by atoms with Crippen LogP contribution in [0.15, 0.2) is 4.34 Å². The van der Waals surface area contributed by atoms with Crippen molar-refractivity contribution < 1.29 is 8.42 Å². The minimum atomic E-state index is -3.60. The molecule has 17 heavy (non-hydrogen) atoms. The average Bonchev–Trinajstić information content (AvgIpc) is 2.61. The van der Waals surface area contributed by atoms with Crippen LogP contribution in [0.1, 0.15) is 27.7 Å². The van der Waals surface area contributed by atoms with Crippen LogP contribution in [0.3, 0.4) is 0 Å². The van der Waals surface area contributed by atoms with Crippen LogP contribution in [0.5, 0.6) is 0 Å². The first-order valence-electron chi connectivity index (χ1n) is 5.14. The molecule has 0 fully saturated rings. The van der Waals surface area contributed by atoms with E-state index in [-0.39, 0.29) is 20.9 Å². The molecule has 1 aromatic rings. The molecule has 1 unspecified atom stereocenters. The zero-order valence-electron chi connectivity index (χ0n) is 10.6. The molecule has 8 heteroatoms. The molecule has 1 aromatic heterocycles. The predicted octanol–water partition coefficient (Wildman–Crippen LogP) is 1.18. The van der Waals surface area contributed by atoms with Crippen molar-refractivity contribution in [1.82, 2.24) is 14.5 Å². The largest absolute Gasteiger partial charge is 0.374 e. The number of hydrogen-bond acceptors (Lipinski definition) is 6. The summed E-state index contributed by atoms with van der Waals surface area (Å²) in [4.78, 5) is 0. The van der Waals surface area contributed by atoms with Crippen molar-refractivity contribution in [2.75, 3.05) is 12.8 Å². The van der Waals surface area contributed by atoms with E-state index in [2.05, 4.69) is 10.2 Å². The fourth-order valence-corrected chi connectivity index (χ4v) is 3.70. The van der Waals surface area contributed by atoms with E-state index < -0.39 is 10.0 Å². The van der Waals surface area contributed by atoms with Gasteiger partial charge in [-0.25, -0.2) is 8.42 Å². The fourth-order valence-electron chi connectivity index (χ4n) is 1.20. The van der Waals surface area contributed by atoms with Crippen LogP contribution >= 0.6 is 11.3 Å². The van der Waals surface area contributed by atoms with E-state index in [9.17, 15) is 8.42 Å². The SMILES string of the molecule is CC(N(C)S(=O)(=O)c1nnc(N)s1)C(C)(C)C. The quantitative estimate of drug-likeness (QED) is 0.896. The Morgan fingerprint density at radius 1 is 1.35 bits per heavy atom. The van der Waals surface area contributed by atoms with Crippen LogP contribution < -0.4 is 5.73 Å². The summed E-state index contributed by atoms with van der Waals surface area (Å²) < 4.78 is 25.7. The summed E-state index contributed by atoms with van der Waals surface area (Å²) in [5, 5.41) is 7.27. The van der Waals surface area contributed by atoms with Gasteiger partial charge in [0, 0.05) is 13.1 Å². The predicted molar refractivity (Wildman–Crippen MR) is 68.2 cm³/mol. The lowest BCUT2D eigenvalue weighted by Crippen LogP contribution is -2.42.